The third-order valence-corrected chi connectivity index (χ3v) is 3.30. The van der Waals surface area contributed by atoms with Crippen molar-refractivity contribution in [2.75, 3.05) is 11.9 Å². The lowest BCUT2D eigenvalue weighted by Crippen LogP contribution is -2.21. The van der Waals surface area contributed by atoms with Crippen LogP contribution in [0.15, 0.2) is 35.0 Å². The lowest BCUT2D eigenvalue weighted by Gasteiger charge is -2.07. The first kappa shape index (κ1) is 14.1. The predicted molar refractivity (Wildman–Crippen MR) is 76.6 cm³/mol. The van der Waals surface area contributed by atoms with Crippen LogP contribution >= 0.6 is 11.3 Å². The molecule has 2 N–H and O–H groups in total. The minimum absolute atomic E-state index is 0.0821. The molecule has 1 aromatic carbocycles. The lowest BCUT2D eigenvalue weighted by atomic mass is 10.2. The van der Waals surface area contributed by atoms with Crippen LogP contribution < -0.4 is 10.1 Å². The van der Waals surface area contributed by atoms with E-state index >= 15 is 0 Å². The van der Waals surface area contributed by atoms with Crippen LogP contribution in [0.2, 0.25) is 0 Å². The summed E-state index contributed by atoms with van der Waals surface area (Å²) in [6.45, 7) is 1.79. The molecular weight excluding hydrogens is 278 g/mol. The summed E-state index contributed by atoms with van der Waals surface area (Å²) >= 11 is 1.22. The maximum Gasteiger partial charge on any atom is 0.338 e. The topological polar surface area (TPSA) is 75.6 Å². The molecule has 1 aromatic heterocycles. The Kier molecular flexibility index (Phi) is 4.37. The number of aryl methyl sites for hydroxylation is 1. The minimum Gasteiger partial charge on any atom is -0.484 e. The first-order valence-electron chi connectivity index (χ1n) is 5.85. The number of carboxylic acids is 1. The molecule has 1 amide bonds. The van der Waals surface area contributed by atoms with Gasteiger partial charge in [0.05, 0.1) is 11.3 Å². The third-order valence-electron chi connectivity index (χ3n) is 2.56. The van der Waals surface area contributed by atoms with Crippen molar-refractivity contribution in [2.45, 2.75) is 6.92 Å². The van der Waals surface area contributed by atoms with Crippen LogP contribution in [0.4, 0.5) is 5.69 Å². The van der Waals surface area contributed by atoms with E-state index in [1.54, 1.807) is 17.5 Å². The summed E-state index contributed by atoms with van der Waals surface area (Å²) in [5, 5.41) is 14.5. The number of carbonyl (C=O) groups is 2. The number of hydrogen-bond donors (Lipinski definition) is 2. The molecular formula is C14H13NO4S. The van der Waals surface area contributed by atoms with E-state index in [9.17, 15) is 9.59 Å². The third kappa shape index (κ3) is 3.58. The Morgan fingerprint density at radius 1 is 1.25 bits per heavy atom. The molecule has 0 saturated carbocycles. The van der Waals surface area contributed by atoms with Gasteiger partial charge in [-0.05, 0) is 19.1 Å². The van der Waals surface area contributed by atoms with Crippen molar-refractivity contribution in [2.24, 2.45) is 0 Å². The van der Waals surface area contributed by atoms with Gasteiger partial charge < -0.3 is 15.2 Å². The van der Waals surface area contributed by atoms with Crippen molar-refractivity contribution in [1.82, 2.24) is 0 Å². The highest BCUT2D eigenvalue weighted by molar-refractivity contribution is 7.08. The fourth-order valence-corrected chi connectivity index (χ4v) is 2.28. The zero-order valence-electron chi connectivity index (χ0n) is 10.8. The summed E-state index contributed by atoms with van der Waals surface area (Å²) in [6, 6.07) is 7.31. The Labute approximate surface area is 119 Å². The fraction of sp³-hybridized carbons (Fsp3) is 0.143. The SMILES string of the molecule is Cc1ccc(OCC(=O)Nc2cscc2C(=O)O)cc1. The van der Waals surface area contributed by atoms with Crippen LogP contribution in [0.5, 0.6) is 5.75 Å². The summed E-state index contributed by atoms with van der Waals surface area (Å²) in [6.07, 6.45) is 0. The molecule has 0 radical (unpaired) electrons. The molecule has 104 valence electrons. The van der Waals surface area contributed by atoms with E-state index in [0.29, 0.717) is 11.4 Å². The van der Waals surface area contributed by atoms with Crippen molar-refractivity contribution in [3.05, 3.63) is 46.2 Å². The molecule has 0 fully saturated rings. The van der Waals surface area contributed by atoms with E-state index in [0.717, 1.165) is 5.56 Å². The summed E-state index contributed by atoms with van der Waals surface area (Å²) in [4.78, 5) is 22.6. The summed E-state index contributed by atoms with van der Waals surface area (Å²) < 4.78 is 5.32. The molecule has 0 atom stereocenters. The predicted octanol–water partition coefficient (Wildman–Crippen LogP) is 2.77. The monoisotopic (exact) mass is 291 g/mol. The van der Waals surface area contributed by atoms with Crippen molar-refractivity contribution in [3.8, 4) is 5.75 Å². The van der Waals surface area contributed by atoms with Gasteiger partial charge in [0.25, 0.3) is 5.91 Å². The Bertz CT molecular complexity index is 618. The molecule has 0 bridgehead atoms. The molecule has 0 saturated heterocycles. The second kappa shape index (κ2) is 6.21. The Hall–Kier alpha value is -2.34. The van der Waals surface area contributed by atoms with Crippen molar-refractivity contribution >= 4 is 28.9 Å². The quantitative estimate of drug-likeness (QED) is 0.888. The first-order valence-corrected chi connectivity index (χ1v) is 6.79. The highest BCUT2D eigenvalue weighted by Gasteiger charge is 2.13. The van der Waals surface area contributed by atoms with E-state index in [1.165, 1.54) is 16.7 Å². The van der Waals surface area contributed by atoms with Crippen LogP contribution in [0, 0.1) is 6.92 Å². The van der Waals surface area contributed by atoms with Crippen LogP contribution in [-0.2, 0) is 4.79 Å². The standard InChI is InChI=1S/C14H13NO4S/c1-9-2-4-10(5-3-9)19-6-13(16)15-12-8-20-7-11(12)14(17)18/h2-5,7-8H,6H2,1H3,(H,15,16)(H,17,18). The van der Waals surface area contributed by atoms with Gasteiger partial charge in [-0.2, -0.15) is 0 Å². The van der Waals surface area contributed by atoms with Crippen LogP contribution in [0.25, 0.3) is 0 Å². The Balaban J connectivity index is 1.91. The Morgan fingerprint density at radius 3 is 2.60 bits per heavy atom. The van der Waals surface area contributed by atoms with Crippen molar-refractivity contribution < 1.29 is 19.4 Å². The molecule has 5 nitrogen and oxygen atoms in total. The van der Waals surface area contributed by atoms with E-state index in [-0.39, 0.29) is 12.2 Å². The van der Waals surface area contributed by atoms with E-state index in [4.69, 9.17) is 9.84 Å². The van der Waals surface area contributed by atoms with Gasteiger partial charge in [0.2, 0.25) is 0 Å². The minimum atomic E-state index is -1.07. The molecule has 0 aliphatic heterocycles. The summed E-state index contributed by atoms with van der Waals surface area (Å²) in [5.74, 6) is -0.873. The van der Waals surface area contributed by atoms with Gasteiger partial charge in [-0.1, -0.05) is 17.7 Å². The van der Waals surface area contributed by atoms with E-state index in [2.05, 4.69) is 5.32 Å². The number of benzene rings is 1. The molecule has 0 unspecified atom stereocenters. The second-order valence-corrected chi connectivity index (χ2v) is 4.90. The summed E-state index contributed by atoms with van der Waals surface area (Å²) in [5.41, 5.74) is 1.48. The first-order chi connectivity index (χ1) is 9.56. The van der Waals surface area contributed by atoms with E-state index in [1.807, 2.05) is 19.1 Å². The molecule has 2 aromatic rings. The molecule has 6 heteroatoms. The smallest absolute Gasteiger partial charge is 0.338 e. The number of rotatable bonds is 5. The fourth-order valence-electron chi connectivity index (χ4n) is 1.53. The number of aromatic carboxylic acids is 1. The van der Waals surface area contributed by atoms with Crippen LogP contribution in [0.3, 0.4) is 0 Å². The number of carbonyl (C=O) groups excluding carboxylic acids is 1. The number of nitrogens with one attached hydrogen (secondary N) is 1. The maximum absolute atomic E-state index is 11.7. The number of hydrogen-bond acceptors (Lipinski definition) is 4. The number of carboxylic acid groups (broad SMARTS) is 1. The second-order valence-electron chi connectivity index (χ2n) is 4.15. The highest BCUT2D eigenvalue weighted by Crippen LogP contribution is 2.20. The number of ether oxygens (including phenoxy) is 1. The molecule has 0 aliphatic rings. The molecule has 0 aliphatic carbocycles. The zero-order valence-corrected chi connectivity index (χ0v) is 11.6. The number of amides is 1. The van der Waals surface area contributed by atoms with Crippen molar-refractivity contribution in [3.63, 3.8) is 0 Å². The average molecular weight is 291 g/mol. The van der Waals surface area contributed by atoms with Crippen LogP contribution in [-0.4, -0.2) is 23.6 Å². The average Bonchev–Trinajstić information content (AvgIpc) is 2.86. The van der Waals surface area contributed by atoms with Crippen LogP contribution in [0.1, 0.15) is 15.9 Å². The van der Waals surface area contributed by atoms with Gasteiger partial charge in [-0.3, -0.25) is 4.79 Å². The highest BCUT2D eigenvalue weighted by atomic mass is 32.1. The largest absolute Gasteiger partial charge is 0.484 e. The number of anilines is 1. The zero-order chi connectivity index (χ0) is 14.5. The molecule has 2 rings (SSSR count). The van der Waals surface area contributed by atoms with Gasteiger partial charge in [0.15, 0.2) is 6.61 Å². The summed E-state index contributed by atoms with van der Waals surface area (Å²) in [7, 11) is 0. The molecule has 0 spiro atoms. The van der Waals surface area contributed by atoms with Crippen molar-refractivity contribution in [1.29, 1.82) is 0 Å². The molecule has 1 heterocycles. The van der Waals surface area contributed by atoms with E-state index < -0.39 is 11.9 Å². The van der Waals surface area contributed by atoms with Gasteiger partial charge in [0.1, 0.15) is 5.75 Å². The number of thiophene rings is 1. The maximum atomic E-state index is 11.7. The normalized spacial score (nSPS) is 10.1. The van der Waals surface area contributed by atoms with Gasteiger partial charge in [-0.15, -0.1) is 11.3 Å². The van der Waals surface area contributed by atoms with Gasteiger partial charge in [-0.25, -0.2) is 4.79 Å². The van der Waals surface area contributed by atoms with Gasteiger partial charge >= 0.3 is 5.97 Å². The van der Waals surface area contributed by atoms with Gasteiger partial charge in [0, 0.05) is 10.8 Å². The Morgan fingerprint density at radius 2 is 1.95 bits per heavy atom. The lowest BCUT2D eigenvalue weighted by molar-refractivity contribution is -0.118. The molecule has 20 heavy (non-hydrogen) atoms.